The average molecular weight is 184 g/mol. The van der Waals surface area contributed by atoms with Gasteiger partial charge in [-0.1, -0.05) is 12.1 Å². The molecule has 1 aliphatic carbocycles. The zero-order valence-corrected chi connectivity index (χ0v) is 7.85. The van der Waals surface area contributed by atoms with Crippen LogP contribution in [0.15, 0.2) is 36.5 Å². The summed E-state index contributed by atoms with van der Waals surface area (Å²) in [7, 11) is 0. The molecule has 3 rings (SSSR count). The molecular formula is C12H12N2. The van der Waals surface area contributed by atoms with Gasteiger partial charge in [0.2, 0.25) is 0 Å². The Labute approximate surface area is 82.8 Å². The minimum Gasteiger partial charge on any atom is -0.327 e. The van der Waals surface area contributed by atoms with E-state index in [4.69, 9.17) is 5.73 Å². The maximum Gasteiger partial charge on any atom is 0.0702 e. The van der Waals surface area contributed by atoms with E-state index in [1.807, 2.05) is 12.3 Å². The first kappa shape index (κ1) is 7.94. The molecule has 2 nitrogen and oxygen atoms in total. The van der Waals surface area contributed by atoms with Crippen LogP contribution >= 0.6 is 0 Å². The van der Waals surface area contributed by atoms with Crippen LogP contribution in [0.1, 0.15) is 17.9 Å². The summed E-state index contributed by atoms with van der Waals surface area (Å²) in [5.41, 5.74) is 8.25. The van der Waals surface area contributed by atoms with E-state index < -0.39 is 0 Å². The highest BCUT2D eigenvalue weighted by molar-refractivity contribution is 5.79. The lowest BCUT2D eigenvalue weighted by Gasteiger charge is -2.01. The topological polar surface area (TPSA) is 38.9 Å². The zero-order chi connectivity index (χ0) is 9.54. The second-order valence-corrected chi connectivity index (χ2v) is 3.96. The average Bonchev–Trinajstić information content (AvgIpc) is 2.95. The molecule has 1 fully saturated rings. The minimum absolute atomic E-state index is 0.379. The van der Waals surface area contributed by atoms with Crippen LogP contribution in [0.5, 0.6) is 0 Å². The molecule has 1 aliphatic rings. The first-order valence-electron chi connectivity index (χ1n) is 4.95. The van der Waals surface area contributed by atoms with Crippen molar-refractivity contribution in [3.63, 3.8) is 0 Å². The number of benzene rings is 1. The molecule has 0 unspecified atom stereocenters. The Kier molecular flexibility index (Phi) is 1.58. The van der Waals surface area contributed by atoms with Crippen molar-refractivity contribution in [2.75, 3.05) is 0 Å². The lowest BCUT2D eigenvalue weighted by molar-refractivity contribution is 0.992. The summed E-state index contributed by atoms with van der Waals surface area (Å²) in [6, 6.07) is 10.9. The van der Waals surface area contributed by atoms with Crippen molar-refractivity contribution in [1.29, 1.82) is 0 Å². The summed E-state index contributed by atoms with van der Waals surface area (Å²) in [4.78, 5) is 4.29. The van der Waals surface area contributed by atoms with Gasteiger partial charge in [-0.25, -0.2) is 0 Å². The van der Waals surface area contributed by atoms with Crippen molar-refractivity contribution >= 4 is 10.9 Å². The highest BCUT2D eigenvalue weighted by atomic mass is 14.7. The molecule has 1 saturated carbocycles. The third-order valence-electron chi connectivity index (χ3n) is 2.90. The molecule has 14 heavy (non-hydrogen) atoms. The van der Waals surface area contributed by atoms with Gasteiger partial charge in [0.15, 0.2) is 0 Å². The smallest absolute Gasteiger partial charge is 0.0702 e. The maximum atomic E-state index is 5.83. The monoisotopic (exact) mass is 184 g/mol. The van der Waals surface area contributed by atoms with Crippen molar-refractivity contribution in [2.24, 2.45) is 5.73 Å². The Hall–Kier alpha value is -1.41. The van der Waals surface area contributed by atoms with Gasteiger partial charge in [0, 0.05) is 23.5 Å². The van der Waals surface area contributed by atoms with E-state index in [2.05, 4.69) is 29.2 Å². The quantitative estimate of drug-likeness (QED) is 0.736. The third kappa shape index (κ3) is 1.19. The van der Waals surface area contributed by atoms with Crippen LogP contribution in [0.4, 0.5) is 0 Å². The van der Waals surface area contributed by atoms with E-state index in [-0.39, 0.29) is 0 Å². The molecule has 2 aromatic rings. The van der Waals surface area contributed by atoms with Crippen LogP contribution in [0.2, 0.25) is 0 Å². The minimum atomic E-state index is 0.379. The van der Waals surface area contributed by atoms with E-state index in [9.17, 15) is 0 Å². The summed E-state index contributed by atoms with van der Waals surface area (Å²) in [5, 5.41) is 1.21. The number of fused-ring (bicyclic) bond motifs is 1. The van der Waals surface area contributed by atoms with E-state index in [0.29, 0.717) is 12.0 Å². The Morgan fingerprint density at radius 3 is 2.93 bits per heavy atom. The van der Waals surface area contributed by atoms with E-state index in [1.54, 1.807) is 0 Å². The van der Waals surface area contributed by atoms with Crippen LogP contribution in [-0.2, 0) is 0 Å². The molecule has 2 heteroatoms. The van der Waals surface area contributed by atoms with Gasteiger partial charge in [0.05, 0.1) is 5.52 Å². The number of rotatable bonds is 1. The lowest BCUT2D eigenvalue weighted by Crippen LogP contribution is -2.00. The van der Waals surface area contributed by atoms with Gasteiger partial charge >= 0.3 is 0 Å². The zero-order valence-electron chi connectivity index (χ0n) is 7.85. The number of aromatic nitrogens is 1. The van der Waals surface area contributed by atoms with E-state index >= 15 is 0 Å². The summed E-state index contributed by atoms with van der Waals surface area (Å²) in [6.07, 6.45) is 2.95. The van der Waals surface area contributed by atoms with Gasteiger partial charge in [-0.15, -0.1) is 0 Å². The van der Waals surface area contributed by atoms with Crippen molar-refractivity contribution < 1.29 is 0 Å². The SMILES string of the molecule is N[C@@H]1C[C@H]1c1ccc2ncccc2c1. The Bertz CT molecular complexity index is 478. The summed E-state index contributed by atoms with van der Waals surface area (Å²) < 4.78 is 0. The molecule has 0 spiro atoms. The van der Waals surface area contributed by atoms with E-state index in [0.717, 1.165) is 11.9 Å². The molecule has 2 N–H and O–H groups in total. The fourth-order valence-corrected chi connectivity index (χ4v) is 1.92. The van der Waals surface area contributed by atoms with Crippen molar-refractivity contribution in [3.05, 3.63) is 42.1 Å². The second-order valence-electron chi connectivity index (χ2n) is 3.96. The fourth-order valence-electron chi connectivity index (χ4n) is 1.92. The number of nitrogens with two attached hydrogens (primary N) is 1. The molecule has 2 atom stereocenters. The van der Waals surface area contributed by atoms with Crippen LogP contribution in [-0.4, -0.2) is 11.0 Å². The second kappa shape index (κ2) is 2.79. The van der Waals surface area contributed by atoms with Gasteiger partial charge in [-0.05, 0) is 30.2 Å². The van der Waals surface area contributed by atoms with Crippen molar-refractivity contribution in [2.45, 2.75) is 18.4 Å². The van der Waals surface area contributed by atoms with Crippen molar-refractivity contribution in [3.8, 4) is 0 Å². The Balaban J connectivity index is 2.11. The first-order valence-corrected chi connectivity index (χ1v) is 4.95. The summed E-state index contributed by atoms with van der Waals surface area (Å²) in [5.74, 6) is 0.583. The normalized spacial score (nSPS) is 25.2. The van der Waals surface area contributed by atoms with Gasteiger partial charge in [0.25, 0.3) is 0 Å². The van der Waals surface area contributed by atoms with Crippen LogP contribution < -0.4 is 5.73 Å². The molecular weight excluding hydrogens is 172 g/mol. The molecule has 1 aromatic heterocycles. The number of nitrogens with zero attached hydrogens (tertiary/aromatic N) is 1. The molecule has 0 amide bonds. The largest absolute Gasteiger partial charge is 0.327 e. The fraction of sp³-hybridized carbons (Fsp3) is 0.250. The molecule has 0 saturated heterocycles. The number of hydrogen-bond donors (Lipinski definition) is 1. The molecule has 1 heterocycles. The third-order valence-corrected chi connectivity index (χ3v) is 2.90. The van der Waals surface area contributed by atoms with Crippen LogP contribution in [0.25, 0.3) is 10.9 Å². The summed E-state index contributed by atoms with van der Waals surface area (Å²) >= 11 is 0. The van der Waals surface area contributed by atoms with Crippen LogP contribution in [0.3, 0.4) is 0 Å². The lowest BCUT2D eigenvalue weighted by atomic mass is 10.1. The molecule has 0 aliphatic heterocycles. The summed E-state index contributed by atoms with van der Waals surface area (Å²) in [6.45, 7) is 0. The predicted molar refractivity (Wildman–Crippen MR) is 57.1 cm³/mol. The van der Waals surface area contributed by atoms with Crippen LogP contribution in [0, 0.1) is 0 Å². The first-order chi connectivity index (χ1) is 6.84. The Morgan fingerprint density at radius 1 is 1.29 bits per heavy atom. The van der Waals surface area contributed by atoms with Gasteiger partial charge < -0.3 is 5.73 Å². The highest BCUT2D eigenvalue weighted by Crippen LogP contribution is 2.39. The standard InChI is InChI=1S/C12H12N2/c13-11-7-10(11)8-3-4-12-9(6-8)2-1-5-14-12/h1-6,10-11H,7,13H2/t10-,11+/m0/s1. The molecule has 70 valence electrons. The highest BCUT2D eigenvalue weighted by Gasteiger charge is 2.34. The van der Waals surface area contributed by atoms with Crippen molar-refractivity contribution in [1.82, 2.24) is 4.98 Å². The predicted octanol–water partition coefficient (Wildman–Crippen LogP) is 2.05. The van der Waals surface area contributed by atoms with E-state index in [1.165, 1.54) is 10.9 Å². The van der Waals surface area contributed by atoms with Gasteiger partial charge in [-0.2, -0.15) is 0 Å². The number of pyridine rings is 1. The van der Waals surface area contributed by atoms with Gasteiger partial charge in [-0.3, -0.25) is 4.98 Å². The maximum absolute atomic E-state index is 5.83. The molecule has 0 bridgehead atoms. The number of hydrogen-bond acceptors (Lipinski definition) is 2. The molecule has 0 radical (unpaired) electrons. The van der Waals surface area contributed by atoms with Gasteiger partial charge in [0.1, 0.15) is 0 Å². The Morgan fingerprint density at radius 2 is 2.14 bits per heavy atom. The molecule has 1 aromatic carbocycles.